The van der Waals surface area contributed by atoms with E-state index < -0.39 is 23.2 Å². The lowest BCUT2D eigenvalue weighted by molar-refractivity contribution is -0.154. The fraction of sp³-hybridized carbons (Fsp3) is 0.385. The summed E-state index contributed by atoms with van der Waals surface area (Å²) < 4.78 is 37.4. The van der Waals surface area contributed by atoms with E-state index in [1.165, 1.54) is 6.92 Å². The minimum atomic E-state index is -4.49. The van der Waals surface area contributed by atoms with Crippen molar-refractivity contribution in [1.82, 2.24) is 4.90 Å². The van der Waals surface area contributed by atoms with Crippen LogP contribution in [0.2, 0.25) is 0 Å². The first-order valence-electron chi connectivity index (χ1n) is 5.81. The summed E-state index contributed by atoms with van der Waals surface area (Å²) in [5.41, 5.74) is -2.48. The smallest absolute Gasteiger partial charge is 0.416 e. The van der Waals surface area contributed by atoms with Gasteiger partial charge in [0.05, 0.1) is 5.56 Å². The number of carboxylic acids is 1. The van der Waals surface area contributed by atoms with Gasteiger partial charge in [-0.25, -0.2) is 4.79 Å². The molecule has 0 saturated heterocycles. The van der Waals surface area contributed by atoms with Gasteiger partial charge in [0.15, 0.2) is 5.54 Å². The molecule has 0 aliphatic carbocycles. The first-order valence-corrected chi connectivity index (χ1v) is 5.81. The van der Waals surface area contributed by atoms with E-state index in [9.17, 15) is 27.9 Å². The number of hydrogen-bond acceptors (Lipinski definition) is 2. The van der Waals surface area contributed by atoms with Crippen molar-refractivity contribution in [2.24, 2.45) is 0 Å². The van der Waals surface area contributed by atoms with Gasteiger partial charge in [-0.15, -0.1) is 0 Å². The SMILES string of the molecule is CCN(C=O)C(C)(C(=O)O)c1ccc(C(F)(F)F)cc1. The van der Waals surface area contributed by atoms with Crippen LogP contribution in [0.4, 0.5) is 13.2 Å². The minimum Gasteiger partial charge on any atom is -0.479 e. The molecular weight excluding hydrogens is 275 g/mol. The molecule has 0 fully saturated rings. The van der Waals surface area contributed by atoms with Crippen LogP contribution in [0.1, 0.15) is 25.0 Å². The lowest BCUT2D eigenvalue weighted by atomic mass is 9.89. The van der Waals surface area contributed by atoms with Crippen LogP contribution >= 0.6 is 0 Å². The molecule has 0 aromatic heterocycles. The molecule has 1 aromatic rings. The van der Waals surface area contributed by atoms with Crippen LogP contribution in [0, 0.1) is 0 Å². The van der Waals surface area contributed by atoms with Gasteiger partial charge in [0.2, 0.25) is 6.41 Å². The third-order valence-electron chi connectivity index (χ3n) is 3.23. The zero-order chi connectivity index (χ0) is 15.6. The maximum Gasteiger partial charge on any atom is 0.416 e. The molecule has 110 valence electrons. The summed E-state index contributed by atoms with van der Waals surface area (Å²) in [7, 11) is 0. The van der Waals surface area contributed by atoms with Gasteiger partial charge in [-0.2, -0.15) is 13.2 Å². The van der Waals surface area contributed by atoms with Crippen molar-refractivity contribution in [3.8, 4) is 0 Å². The van der Waals surface area contributed by atoms with Crippen LogP contribution in [-0.4, -0.2) is 28.9 Å². The van der Waals surface area contributed by atoms with Crippen LogP contribution < -0.4 is 0 Å². The van der Waals surface area contributed by atoms with Gasteiger partial charge in [-0.1, -0.05) is 12.1 Å². The van der Waals surface area contributed by atoms with E-state index in [4.69, 9.17) is 0 Å². The predicted octanol–water partition coefficient (Wildman–Crippen LogP) is 2.48. The van der Waals surface area contributed by atoms with E-state index in [-0.39, 0.29) is 12.1 Å². The topological polar surface area (TPSA) is 57.6 Å². The number of rotatable bonds is 5. The molecule has 0 saturated carbocycles. The van der Waals surface area contributed by atoms with Crippen molar-refractivity contribution in [1.29, 1.82) is 0 Å². The number of amides is 1. The zero-order valence-electron chi connectivity index (χ0n) is 10.9. The number of aliphatic carboxylic acids is 1. The Balaban J connectivity index is 3.30. The highest BCUT2D eigenvalue weighted by Gasteiger charge is 2.41. The third kappa shape index (κ3) is 2.76. The summed E-state index contributed by atoms with van der Waals surface area (Å²) in [4.78, 5) is 23.4. The summed E-state index contributed by atoms with van der Waals surface area (Å²) in [6, 6.07) is 3.75. The highest BCUT2D eigenvalue weighted by Crippen LogP contribution is 2.33. The first-order chi connectivity index (χ1) is 9.17. The highest BCUT2D eigenvalue weighted by molar-refractivity contribution is 5.82. The molecule has 0 aliphatic rings. The Morgan fingerprint density at radius 1 is 1.25 bits per heavy atom. The van der Waals surface area contributed by atoms with Gasteiger partial charge in [-0.3, -0.25) is 4.79 Å². The minimum absolute atomic E-state index is 0.104. The second-order valence-corrected chi connectivity index (χ2v) is 4.34. The third-order valence-corrected chi connectivity index (χ3v) is 3.23. The number of halogens is 3. The van der Waals surface area contributed by atoms with Crippen molar-refractivity contribution in [2.75, 3.05) is 6.54 Å². The summed E-state index contributed by atoms with van der Waals surface area (Å²) in [6.07, 6.45) is -4.13. The molecule has 0 heterocycles. The van der Waals surface area contributed by atoms with E-state index in [1.807, 2.05) is 0 Å². The molecule has 20 heavy (non-hydrogen) atoms. The van der Waals surface area contributed by atoms with Gasteiger partial charge in [0, 0.05) is 6.54 Å². The Morgan fingerprint density at radius 2 is 1.70 bits per heavy atom. The van der Waals surface area contributed by atoms with Crippen molar-refractivity contribution < 1.29 is 27.9 Å². The fourth-order valence-electron chi connectivity index (χ4n) is 1.89. The number of carbonyl (C=O) groups excluding carboxylic acids is 1. The number of carbonyl (C=O) groups is 2. The maximum atomic E-state index is 12.5. The molecule has 7 heteroatoms. The van der Waals surface area contributed by atoms with Crippen LogP contribution in [0.5, 0.6) is 0 Å². The fourth-order valence-corrected chi connectivity index (χ4v) is 1.89. The van der Waals surface area contributed by atoms with Crippen molar-refractivity contribution in [3.05, 3.63) is 35.4 Å². The molecule has 1 unspecified atom stereocenters. The lowest BCUT2D eigenvalue weighted by Crippen LogP contribution is -2.49. The van der Waals surface area contributed by atoms with Gasteiger partial charge < -0.3 is 10.0 Å². The predicted molar refractivity (Wildman–Crippen MR) is 64.9 cm³/mol. The molecule has 1 amide bonds. The average Bonchev–Trinajstić information content (AvgIpc) is 2.38. The second-order valence-electron chi connectivity index (χ2n) is 4.34. The number of nitrogens with zero attached hydrogens (tertiary/aromatic N) is 1. The largest absolute Gasteiger partial charge is 0.479 e. The molecule has 0 aliphatic heterocycles. The molecule has 0 bridgehead atoms. The number of benzene rings is 1. The van der Waals surface area contributed by atoms with Gasteiger partial charge in [0.1, 0.15) is 0 Å². The summed E-state index contributed by atoms with van der Waals surface area (Å²) in [5, 5.41) is 9.32. The normalized spacial score (nSPS) is 14.4. The Kier molecular flexibility index (Phi) is 4.42. The monoisotopic (exact) mass is 289 g/mol. The van der Waals surface area contributed by atoms with Crippen LogP contribution in [0.3, 0.4) is 0 Å². The molecule has 0 radical (unpaired) electrons. The molecule has 1 rings (SSSR count). The molecule has 1 aromatic carbocycles. The Labute approximate surface area is 113 Å². The van der Waals surface area contributed by atoms with Gasteiger partial charge in [-0.05, 0) is 31.5 Å². The van der Waals surface area contributed by atoms with Crippen molar-refractivity contribution in [2.45, 2.75) is 25.6 Å². The van der Waals surface area contributed by atoms with Crippen molar-refractivity contribution in [3.63, 3.8) is 0 Å². The van der Waals surface area contributed by atoms with Crippen LogP contribution in [0.25, 0.3) is 0 Å². The summed E-state index contributed by atoms with van der Waals surface area (Å²) in [6.45, 7) is 2.98. The molecule has 1 atom stereocenters. The zero-order valence-corrected chi connectivity index (χ0v) is 10.9. The Bertz CT molecular complexity index is 499. The van der Waals surface area contributed by atoms with Crippen LogP contribution in [-0.2, 0) is 21.3 Å². The number of hydrogen-bond donors (Lipinski definition) is 1. The summed E-state index contributed by atoms with van der Waals surface area (Å²) in [5.74, 6) is -1.31. The highest BCUT2D eigenvalue weighted by atomic mass is 19.4. The quantitative estimate of drug-likeness (QED) is 0.847. The van der Waals surface area contributed by atoms with E-state index in [0.717, 1.165) is 29.2 Å². The summed E-state index contributed by atoms with van der Waals surface area (Å²) >= 11 is 0. The number of alkyl halides is 3. The van der Waals surface area contributed by atoms with E-state index in [0.29, 0.717) is 6.41 Å². The average molecular weight is 289 g/mol. The Morgan fingerprint density at radius 3 is 2.00 bits per heavy atom. The van der Waals surface area contributed by atoms with Gasteiger partial charge in [0.25, 0.3) is 0 Å². The van der Waals surface area contributed by atoms with E-state index >= 15 is 0 Å². The van der Waals surface area contributed by atoms with E-state index in [1.54, 1.807) is 6.92 Å². The Hall–Kier alpha value is -2.05. The molecule has 1 N–H and O–H groups in total. The standard InChI is InChI=1S/C13H14F3NO3/c1-3-17(8-18)12(2,11(19)20)9-4-6-10(7-5-9)13(14,15)16/h4-8H,3H2,1-2H3,(H,19,20). The second kappa shape index (κ2) is 5.52. The number of carboxylic acid groups (broad SMARTS) is 1. The van der Waals surface area contributed by atoms with Crippen LogP contribution in [0.15, 0.2) is 24.3 Å². The first kappa shape index (κ1) is 16.0. The molecular formula is C13H14F3NO3. The lowest BCUT2D eigenvalue weighted by Gasteiger charge is -2.35. The van der Waals surface area contributed by atoms with Gasteiger partial charge >= 0.3 is 12.1 Å². The number of likely N-dealkylation sites (N-methyl/N-ethyl adjacent to an activating group) is 1. The molecule has 4 nitrogen and oxygen atoms in total. The molecule has 0 spiro atoms. The maximum absolute atomic E-state index is 12.5. The van der Waals surface area contributed by atoms with E-state index in [2.05, 4.69) is 0 Å². The van der Waals surface area contributed by atoms with Crippen molar-refractivity contribution >= 4 is 12.4 Å².